The normalized spacial score (nSPS) is 13.8. The Balaban J connectivity index is 2.31. The van der Waals surface area contributed by atoms with E-state index in [9.17, 15) is 9.59 Å². The molecule has 0 atom stereocenters. The molecule has 2 rings (SSSR count). The Morgan fingerprint density at radius 1 is 1.18 bits per heavy atom. The van der Waals surface area contributed by atoms with E-state index in [4.69, 9.17) is 4.74 Å². The molecule has 5 heteroatoms. The van der Waals surface area contributed by atoms with Crippen LogP contribution < -0.4 is 5.32 Å². The first-order valence-electron chi connectivity index (χ1n) is 8.24. The van der Waals surface area contributed by atoms with Crippen LogP contribution in [0.25, 0.3) is 0 Å². The third-order valence-electron chi connectivity index (χ3n) is 4.24. The summed E-state index contributed by atoms with van der Waals surface area (Å²) in [7, 11) is 0. The molecule has 1 aliphatic carbocycles. The summed E-state index contributed by atoms with van der Waals surface area (Å²) < 4.78 is 5.20. The molecule has 0 saturated carbocycles. The van der Waals surface area contributed by atoms with Crippen molar-refractivity contribution in [2.45, 2.75) is 59.3 Å². The summed E-state index contributed by atoms with van der Waals surface area (Å²) in [6.07, 6.45) is 5.75. The van der Waals surface area contributed by atoms with Crippen molar-refractivity contribution in [2.75, 3.05) is 11.9 Å². The van der Waals surface area contributed by atoms with Gasteiger partial charge in [0.05, 0.1) is 12.2 Å². The molecule has 1 heterocycles. The first-order chi connectivity index (χ1) is 10.6. The maximum Gasteiger partial charge on any atom is 0.341 e. The van der Waals surface area contributed by atoms with Crippen LogP contribution in [0.1, 0.15) is 67.3 Å². The maximum atomic E-state index is 12.4. The molecule has 1 aliphatic rings. The monoisotopic (exact) mass is 323 g/mol. The Kier molecular flexibility index (Phi) is 6.00. The lowest BCUT2D eigenvalue weighted by molar-refractivity contribution is -0.120. The van der Waals surface area contributed by atoms with Crippen molar-refractivity contribution >= 4 is 28.2 Å². The van der Waals surface area contributed by atoms with Crippen LogP contribution in [-0.2, 0) is 22.4 Å². The number of aryl methyl sites for hydroxylation is 1. The van der Waals surface area contributed by atoms with Crippen LogP contribution in [0.2, 0.25) is 0 Å². The summed E-state index contributed by atoms with van der Waals surface area (Å²) in [5, 5.41) is 3.67. The van der Waals surface area contributed by atoms with E-state index in [2.05, 4.69) is 5.32 Å². The van der Waals surface area contributed by atoms with E-state index < -0.39 is 0 Å². The first-order valence-corrected chi connectivity index (χ1v) is 9.06. The van der Waals surface area contributed by atoms with Gasteiger partial charge in [-0.05, 0) is 51.0 Å². The lowest BCUT2D eigenvalue weighted by Crippen LogP contribution is -2.22. The summed E-state index contributed by atoms with van der Waals surface area (Å²) in [5.41, 5.74) is 1.69. The maximum absolute atomic E-state index is 12.4. The molecule has 0 unspecified atom stereocenters. The van der Waals surface area contributed by atoms with Gasteiger partial charge in [-0.1, -0.05) is 13.8 Å². The Labute approximate surface area is 136 Å². The van der Waals surface area contributed by atoms with Gasteiger partial charge in [0, 0.05) is 10.8 Å². The largest absolute Gasteiger partial charge is 0.462 e. The molecule has 1 aromatic heterocycles. The topological polar surface area (TPSA) is 55.4 Å². The molecule has 0 aliphatic heterocycles. The van der Waals surface area contributed by atoms with Gasteiger partial charge in [-0.2, -0.15) is 0 Å². The second-order valence-electron chi connectivity index (χ2n) is 5.64. The van der Waals surface area contributed by atoms with Crippen molar-refractivity contribution in [3.8, 4) is 0 Å². The van der Waals surface area contributed by atoms with Crippen LogP contribution in [0.3, 0.4) is 0 Å². The minimum Gasteiger partial charge on any atom is -0.462 e. The van der Waals surface area contributed by atoms with Gasteiger partial charge < -0.3 is 10.1 Å². The van der Waals surface area contributed by atoms with Gasteiger partial charge in [0.1, 0.15) is 5.00 Å². The van der Waals surface area contributed by atoms with Crippen molar-refractivity contribution in [2.24, 2.45) is 5.92 Å². The van der Waals surface area contributed by atoms with Gasteiger partial charge in [0.15, 0.2) is 0 Å². The molecular formula is C17H25NO3S. The molecule has 0 bridgehead atoms. The van der Waals surface area contributed by atoms with E-state index in [1.54, 1.807) is 18.3 Å². The quantitative estimate of drug-likeness (QED) is 0.799. The molecule has 1 N–H and O–H groups in total. The van der Waals surface area contributed by atoms with E-state index in [0.29, 0.717) is 17.2 Å². The molecule has 22 heavy (non-hydrogen) atoms. The smallest absolute Gasteiger partial charge is 0.341 e. The number of fused-ring (bicyclic) bond motifs is 1. The van der Waals surface area contributed by atoms with Crippen LogP contribution in [0, 0.1) is 5.92 Å². The standard InChI is InChI=1S/C17H25NO3S/c1-4-11(5-2)15(19)18-16-14(17(20)21-6-3)12-9-7-8-10-13(12)22-16/h11H,4-10H2,1-3H3,(H,18,19). The van der Waals surface area contributed by atoms with Gasteiger partial charge in [-0.15, -0.1) is 11.3 Å². The van der Waals surface area contributed by atoms with E-state index in [-0.39, 0.29) is 17.8 Å². The first kappa shape index (κ1) is 17.0. The molecule has 0 spiro atoms. The molecule has 0 fully saturated rings. The van der Waals surface area contributed by atoms with Gasteiger partial charge in [0.25, 0.3) is 0 Å². The van der Waals surface area contributed by atoms with E-state index in [1.165, 1.54) is 4.88 Å². The number of carbonyl (C=O) groups is 2. The van der Waals surface area contributed by atoms with Crippen molar-refractivity contribution < 1.29 is 14.3 Å². The molecule has 1 aromatic rings. The van der Waals surface area contributed by atoms with Gasteiger partial charge >= 0.3 is 5.97 Å². The van der Waals surface area contributed by atoms with Crippen LogP contribution in [0.4, 0.5) is 5.00 Å². The minimum atomic E-state index is -0.304. The zero-order chi connectivity index (χ0) is 16.1. The second-order valence-corrected chi connectivity index (χ2v) is 6.74. The third-order valence-corrected chi connectivity index (χ3v) is 5.45. The average Bonchev–Trinajstić information content (AvgIpc) is 2.86. The number of amides is 1. The number of thiophene rings is 1. The number of nitrogens with one attached hydrogen (secondary N) is 1. The van der Waals surface area contributed by atoms with Gasteiger partial charge in [0.2, 0.25) is 5.91 Å². The summed E-state index contributed by atoms with van der Waals surface area (Å²) in [6, 6.07) is 0. The van der Waals surface area contributed by atoms with Gasteiger partial charge in [-0.25, -0.2) is 4.79 Å². The van der Waals surface area contributed by atoms with E-state index in [1.807, 2.05) is 13.8 Å². The summed E-state index contributed by atoms with van der Waals surface area (Å²) in [6.45, 7) is 6.18. The highest BCUT2D eigenvalue weighted by atomic mass is 32.1. The predicted octanol–water partition coefficient (Wildman–Crippen LogP) is 4.18. The van der Waals surface area contributed by atoms with Crippen LogP contribution in [0.5, 0.6) is 0 Å². The van der Waals surface area contributed by atoms with Crippen LogP contribution in [0.15, 0.2) is 0 Å². The number of rotatable bonds is 6. The summed E-state index contributed by atoms with van der Waals surface area (Å²) in [4.78, 5) is 25.9. The summed E-state index contributed by atoms with van der Waals surface area (Å²) in [5.74, 6) is -0.301. The Hall–Kier alpha value is -1.36. The Morgan fingerprint density at radius 2 is 1.86 bits per heavy atom. The fourth-order valence-corrected chi connectivity index (χ4v) is 4.23. The number of hydrogen-bond donors (Lipinski definition) is 1. The van der Waals surface area contributed by atoms with Crippen LogP contribution >= 0.6 is 11.3 Å². The molecule has 4 nitrogen and oxygen atoms in total. The van der Waals surface area contributed by atoms with Crippen molar-refractivity contribution in [1.82, 2.24) is 0 Å². The highest BCUT2D eigenvalue weighted by Crippen LogP contribution is 2.38. The molecule has 1 amide bonds. The van der Waals surface area contributed by atoms with Gasteiger partial charge in [-0.3, -0.25) is 4.79 Å². The SMILES string of the molecule is CCOC(=O)c1c(NC(=O)C(CC)CC)sc2c1CCCC2. The van der Waals surface area contributed by atoms with Crippen molar-refractivity contribution in [3.05, 3.63) is 16.0 Å². The lowest BCUT2D eigenvalue weighted by atomic mass is 9.95. The second kappa shape index (κ2) is 7.77. The summed E-state index contributed by atoms with van der Waals surface area (Å²) >= 11 is 1.55. The Bertz CT molecular complexity index is 546. The molecule has 122 valence electrons. The number of hydrogen-bond acceptors (Lipinski definition) is 4. The minimum absolute atomic E-state index is 0.00539. The number of anilines is 1. The third kappa shape index (κ3) is 3.51. The molecule has 0 saturated heterocycles. The number of ether oxygens (including phenoxy) is 1. The predicted molar refractivity (Wildman–Crippen MR) is 89.6 cm³/mol. The zero-order valence-corrected chi connectivity index (χ0v) is 14.5. The zero-order valence-electron chi connectivity index (χ0n) is 13.7. The van der Waals surface area contributed by atoms with Crippen molar-refractivity contribution in [1.29, 1.82) is 0 Å². The fourth-order valence-electron chi connectivity index (χ4n) is 2.95. The molecule has 0 radical (unpaired) electrons. The van der Waals surface area contributed by atoms with Crippen molar-refractivity contribution in [3.63, 3.8) is 0 Å². The highest BCUT2D eigenvalue weighted by molar-refractivity contribution is 7.17. The average molecular weight is 323 g/mol. The Morgan fingerprint density at radius 3 is 2.50 bits per heavy atom. The van der Waals surface area contributed by atoms with E-state index >= 15 is 0 Å². The lowest BCUT2D eigenvalue weighted by Gasteiger charge is -2.14. The number of carbonyl (C=O) groups excluding carboxylic acids is 2. The molecular weight excluding hydrogens is 298 g/mol. The number of esters is 1. The fraction of sp³-hybridized carbons (Fsp3) is 0.647. The highest BCUT2D eigenvalue weighted by Gasteiger charge is 2.28. The van der Waals surface area contributed by atoms with E-state index in [0.717, 1.165) is 44.1 Å². The van der Waals surface area contributed by atoms with Crippen LogP contribution in [-0.4, -0.2) is 18.5 Å². The molecule has 0 aromatic carbocycles.